The van der Waals surface area contributed by atoms with Crippen molar-refractivity contribution in [2.24, 2.45) is 5.92 Å². The molecule has 18 heavy (non-hydrogen) atoms. The van der Waals surface area contributed by atoms with Gasteiger partial charge in [-0.05, 0) is 20.3 Å². The second-order valence-corrected chi connectivity index (χ2v) is 4.62. The Morgan fingerprint density at radius 1 is 1.67 bits per heavy atom. The van der Waals surface area contributed by atoms with Crippen molar-refractivity contribution in [3.63, 3.8) is 0 Å². The van der Waals surface area contributed by atoms with E-state index in [0.29, 0.717) is 11.7 Å². The van der Waals surface area contributed by atoms with Gasteiger partial charge < -0.3 is 19.8 Å². The van der Waals surface area contributed by atoms with Crippen LogP contribution in [0, 0.1) is 12.8 Å². The van der Waals surface area contributed by atoms with Crippen LogP contribution in [-0.4, -0.2) is 35.3 Å². The van der Waals surface area contributed by atoms with Gasteiger partial charge in [-0.25, -0.2) is 9.78 Å². The van der Waals surface area contributed by atoms with E-state index in [1.54, 1.807) is 0 Å². The molecule has 1 fully saturated rings. The molecule has 1 aromatic rings. The third-order valence-corrected chi connectivity index (χ3v) is 3.53. The highest BCUT2D eigenvalue weighted by molar-refractivity contribution is 5.92. The van der Waals surface area contributed by atoms with Crippen molar-refractivity contribution < 1.29 is 14.3 Å². The van der Waals surface area contributed by atoms with Gasteiger partial charge in [-0.15, -0.1) is 0 Å². The van der Waals surface area contributed by atoms with Crippen molar-refractivity contribution in [2.45, 2.75) is 32.9 Å². The summed E-state index contributed by atoms with van der Waals surface area (Å²) in [6.07, 6.45) is 1.22. The second kappa shape index (κ2) is 4.97. The van der Waals surface area contributed by atoms with Gasteiger partial charge in [0.25, 0.3) is 0 Å². The number of carbonyl (C=O) groups is 1. The van der Waals surface area contributed by atoms with Crippen LogP contribution in [0.3, 0.4) is 0 Å². The number of imidazole rings is 1. The molecule has 0 bridgehead atoms. The lowest BCUT2D eigenvalue weighted by molar-refractivity contribution is 0.0595. The number of esters is 1. The Bertz CT molecular complexity index is 456. The summed E-state index contributed by atoms with van der Waals surface area (Å²) in [6, 6.07) is 0. The Morgan fingerprint density at radius 3 is 2.94 bits per heavy atom. The molecule has 2 rings (SSSR count). The molecule has 2 heterocycles. The predicted molar refractivity (Wildman–Crippen MR) is 66.2 cm³/mol. The lowest BCUT2D eigenvalue weighted by Gasteiger charge is -2.16. The van der Waals surface area contributed by atoms with Crippen molar-refractivity contribution >= 4 is 11.8 Å². The van der Waals surface area contributed by atoms with Crippen molar-refractivity contribution in [1.82, 2.24) is 9.55 Å². The van der Waals surface area contributed by atoms with E-state index in [1.165, 1.54) is 7.11 Å². The number of nitrogens with zero attached hydrogens (tertiary/aromatic N) is 2. The average molecular weight is 253 g/mol. The van der Waals surface area contributed by atoms with Gasteiger partial charge in [0, 0.05) is 19.1 Å². The van der Waals surface area contributed by atoms with Gasteiger partial charge in [-0.1, -0.05) is 0 Å². The number of nitrogen functional groups attached to an aromatic ring is 1. The number of methoxy groups -OCH3 is 1. The molecular formula is C12H19N3O3. The molecule has 2 atom stereocenters. The second-order valence-electron chi connectivity index (χ2n) is 4.62. The molecule has 2 unspecified atom stereocenters. The van der Waals surface area contributed by atoms with Crippen molar-refractivity contribution in [2.75, 3.05) is 19.5 Å². The maximum Gasteiger partial charge on any atom is 0.360 e. The summed E-state index contributed by atoms with van der Waals surface area (Å²) in [6.45, 7) is 5.40. The predicted octanol–water partition coefficient (Wildman–Crippen LogP) is 0.985. The van der Waals surface area contributed by atoms with Crippen molar-refractivity contribution in [1.29, 1.82) is 0 Å². The summed E-state index contributed by atoms with van der Waals surface area (Å²) < 4.78 is 12.0. The summed E-state index contributed by atoms with van der Waals surface area (Å²) in [5, 5.41) is 0. The first-order chi connectivity index (χ1) is 8.54. The van der Waals surface area contributed by atoms with Crippen LogP contribution in [0.4, 0.5) is 5.82 Å². The molecule has 6 nitrogen and oxygen atoms in total. The fraction of sp³-hybridized carbons (Fsp3) is 0.667. The standard InChI is InChI=1S/C12H19N3O3/c1-7-9(4-5-18-7)6-15-8(2)14-10(11(15)13)12(16)17-3/h7,9H,4-6,13H2,1-3H3. The maximum absolute atomic E-state index is 11.5. The number of aromatic nitrogens is 2. The molecule has 1 aliphatic heterocycles. The zero-order chi connectivity index (χ0) is 13.3. The first-order valence-corrected chi connectivity index (χ1v) is 6.07. The first kappa shape index (κ1) is 12.9. The Hall–Kier alpha value is -1.56. The Morgan fingerprint density at radius 2 is 2.39 bits per heavy atom. The van der Waals surface area contributed by atoms with Gasteiger partial charge in [0.1, 0.15) is 11.6 Å². The smallest absolute Gasteiger partial charge is 0.360 e. The van der Waals surface area contributed by atoms with Gasteiger partial charge in [0.2, 0.25) is 0 Å². The number of aryl methyl sites for hydroxylation is 1. The Balaban J connectivity index is 2.23. The van der Waals surface area contributed by atoms with E-state index in [4.69, 9.17) is 10.5 Å². The first-order valence-electron chi connectivity index (χ1n) is 6.07. The van der Waals surface area contributed by atoms with Crippen LogP contribution in [0.15, 0.2) is 0 Å². The molecule has 0 saturated carbocycles. The largest absolute Gasteiger partial charge is 0.464 e. The van der Waals surface area contributed by atoms with Crippen LogP contribution in [0.25, 0.3) is 0 Å². The van der Waals surface area contributed by atoms with Crippen LogP contribution in [0.1, 0.15) is 29.7 Å². The number of anilines is 1. The van der Waals surface area contributed by atoms with E-state index >= 15 is 0 Å². The summed E-state index contributed by atoms with van der Waals surface area (Å²) in [4.78, 5) is 15.7. The minimum atomic E-state index is -0.495. The summed E-state index contributed by atoms with van der Waals surface area (Å²) in [5.41, 5.74) is 6.16. The number of hydrogen-bond acceptors (Lipinski definition) is 5. The molecular weight excluding hydrogens is 234 g/mol. The van der Waals surface area contributed by atoms with E-state index in [1.807, 2.05) is 11.5 Å². The number of ether oxygens (including phenoxy) is 2. The van der Waals surface area contributed by atoms with E-state index < -0.39 is 5.97 Å². The van der Waals surface area contributed by atoms with Gasteiger partial charge in [-0.3, -0.25) is 0 Å². The maximum atomic E-state index is 11.5. The van der Waals surface area contributed by atoms with E-state index in [-0.39, 0.29) is 11.8 Å². The Labute approximate surface area is 106 Å². The quantitative estimate of drug-likeness (QED) is 0.812. The third-order valence-electron chi connectivity index (χ3n) is 3.53. The highest BCUT2D eigenvalue weighted by Crippen LogP contribution is 2.25. The number of hydrogen-bond donors (Lipinski definition) is 1. The lowest BCUT2D eigenvalue weighted by Crippen LogP contribution is -2.20. The summed E-state index contributed by atoms with van der Waals surface area (Å²) in [7, 11) is 1.32. The minimum Gasteiger partial charge on any atom is -0.464 e. The molecule has 100 valence electrons. The number of nitrogens with two attached hydrogens (primary N) is 1. The highest BCUT2D eigenvalue weighted by Gasteiger charge is 2.27. The molecule has 0 spiro atoms. The van der Waals surface area contributed by atoms with Crippen molar-refractivity contribution in [3.8, 4) is 0 Å². The van der Waals surface area contributed by atoms with E-state index in [9.17, 15) is 4.79 Å². The van der Waals surface area contributed by atoms with Crippen LogP contribution in [0.5, 0.6) is 0 Å². The molecule has 6 heteroatoms. The van der Waals surface area contributed by atoms with Gasteiger partial charge in [-0.2, -0.15) is 0 Å². The van der Waals surface area contributed by atoms with Gasteiger partial charge in [0.05, 0.1) is 13.2 Å². The monoisotopic (exact) mass is 253 g/mol. The molecule has 1 aromatic heterocycles. The zero-order valence-corrected chi connectivity index (χ0v) is 11.0. The van der Waals surface area contributed by atoms with Gasteiger partial charge in [0.15, 0.2) is 5.69 Å². The molecule has 1 saturated heterocycles. The topological polar surface area (TPSA) is 79.4 Å². The van der Waals surface area contributed by atoms with Crippen LogP contribution in [0.2, 0.25) is 0 Å². The van der Waals surface area contributed by atoms with Crippen LogP contribution < -0.4 is 5.73 Å². The summed E-state index contributed by atoms with van der Waals surface area (Å²) >= 11 is 0. The van der Waals surface area contributed by atoms with Crippen LogP contribution >= 0.6 is 0 Å². The molecule has 1 aliphatic rings. The van der Waals surface area contributed by atoms with E-state index in [0.717, 1.165) is 25.4 Å². The summed E-state index contributed by atoms with van der Waals surface area (Å²) in [5.74, 6) is 1.02. The Kier molecular flexibility index (Phi) is 3.56. The number of carbonyl (C=O) groups excluding carboxylic acids is 1. The molecule has 0 aromatic carbocycles. The highest BCUT2D eigenvalue weighted by atomic mass is 16.5. The number of rotatable bonds is 3. The van der Waals surface area contributed by atoms with Crippen molar-refractivity contribution in [3.05, 3.63) is 11.5 Å². The van der Waals surface area contributed by atoms with Gasteiger partial charge >= 0.3 is 5.97 Å². The zero-order valence-electron chi connectivity index (χ0n) is 11.0. The molecule has 2 N–H and O–H groups in total. The molecule has 0 aliphatic carbocycles. The molecule has 0 amide bonds. The normalized spacial score (nSPS) is 23.3. The van der Waals surface area contributed by atoms with E-state index in [2.05, 4.69) is 16.6 Å². The molecule has 0 radical (unpaired) electrons. The fourth-order valence-corrected chi connectivity index (χ4v) is 2.31. The fourth-order valence-electron chi connectivity index (χ4n) is 2.31. The minimum absolute atomic E-state index is 0.196. The average Bonchev–Trinajstić information content (AvgIpc) is 2.87. The van der Waals surface area contributed by atoms with Crippen LogP contribution in [-0.2, 0) is 16.0 Å². The SMILES string of the molecule is COC(=O)c1nc(C)n(CC2CCOC2C)c1N. The third kappa shape index (κ3) is 2.20. The lowest BCUT2D eigenvalue weighted by atomic mass is 10.0.